The second kappa shape index (κ2) is 10.3. The SMILES string of the molecule is COc1cc(C(=O)N2CC3CCC2[C@@H]3N)cc2nc(-c3cc4ccc([C@@H](C)Nc5ncccn5)nc4n3CC3CC3)c(C)n12. The normalized spacial score (nSPS) is 21.8. The molecule has 6 heterocycles. The molecule has 226 valence electrons. The van der Waals surface area contributed by atoms with Crippen LogP contribution in [0, 0.1) is 18.8 Å². The topological polar surface area (TPSA) is 128 Å². The van der Waals surface area contributed by atoms with E-state index in [1.165, 1.54) is 12.8 Å². The van der Waals surface area contributed by atoms with Crippen molar-refractivity contribution < 1.29 is 9.53 Å². The monoisotopic (exact) mass is 591 g/mol. The molecule has 8 rings (SSSR count). The van der Waals surface area contributed by atoms with Gasteiger partial charge >= 0.3 is 0 Å². The van der Waals surface area contributed by atoms with Gasteiger partial charge in [-0.2, -0.15) is 0 Å². The first kappa shape index (κ1) is 27.1. The molecule has 11 nitrogen and oxygen atoms in total. The Kier molecular flexibility index (Phi) is 6.33. The van der Waals surface area contributed by atoms with E-state index in [0.717, 1.165) is 59.7 Å². The van der Waals surface area contributed by atoms with Crippen LogP contribution in [0.25, 0.3) is 28.1 Å². The van der Waals surface area contributed by atoms with Gasteiger partial charge in [0.15, 0.2) is 5.88 Å². The summed E-state index contributed by atoms with van der Waals surface area (Å²) in [5.74, 6) is 2.18. The Morgan fingerprint density at radius 1 is 1.11 bits per heavy atom. The van der Waals surface area contributed by atoms with Gasteiger partial charge in [-0.25, -0.2) is 19.9 Å². The molecular weight excluding hydrogens is 554 g/mol. The van der Waals surface area contributed by atoms with Crippen LogP contribution in [0.15, 0.2) is 48.8 Å². The fourth-order valence-corrected chi connectivity index (χ4v) is 7.20. The molecule has 3 N–H and O–H groups in total. The number of pyridine rings is 2. The van der Waals surface area contributed by atoms with Gasteiger partial charge in [-0.15, -0.1) is 0 Å². The van der Waals surface area contributed by atoms with Crippen molar-refractivity contribution in [3.05, 3.63) is 65.7 Å². The number of hydrogen-bond acceptors (Lipinski definition) is 8. The van der Waals surface area contributed by atoms with Crippen molar-refractivity contribution in [2.75, 3.05) is 19.0 Å². The number of ether oxygens (including phenoxy) is 1. The number of nitrogens with one attached hydrogen (secondary N) is 1. The number of carbonyl (C=O) groups excluding carboxylic acids is 1. The zero-order valence-corrected chi connectivity index (χ0v) is 25.3. The smallest absolute Gasteiger partial charge is 0.254 e. The van der Waals surface area contributed by atoms with Crippen LogP contribution in [0.1, 0.15) is 60.4 Å². The number of likely N-dealkylation sites (tertiary alicyclic amines) is 1. The van der Waals surface area contributed by atoms with Gasteiger partial charge in [0.05, 0.1) is 30.2 Å². The van der Waals surface area contributed by atoms with Crippen LogP contribution in [0.3, 0.4) is 0 Å². The molecule has 0 aromatic carbocycles. The molecule has 3 fully saturated rings. The molecule has 0 radical (unpaired) electrons. The molecule has 11 heteroatoms. The number of anilines is 1. The van der Waals surface area contributed by atoms with Crippen molar-refractivity contribution in [3.8, 4) is 17.3 Å². The predicted molar refractivity (Wildman–Crippen MR) is 168 cm³/mol. The summed E-state index contributed by atoms with van der Waals surface area (Å²) in [4.78, 5) is 34.6. The average molecular weight is 592 g/mol. The van der Waals surface area contributed by atoms with E-state index in [0.29, 0.717) is 34.9 Å². The van der Waals surface area contributed by atoms with Crippen LogP contribution in [-0.4, -0.2) is 65.4 Å². The Morgan fingerprint density at radius 3 is 2.64 bits per heavy atom. The van der Waals surface area contributed by atoms with Crippen LogP contribution < -0.4 is 15.8 Å². The quantitative estimate of drug-likeness (QED) is 0.268. The van der Waals surface area contributed by atoms with E-state index in [9.17, 15) is 4.79 Å². The number of carbonyl (C=O) groups is 1. The van der Waals surface area contributed by atoms with E-state index in [1.54, 1.807) is 25.6 Å². The van der Waals surface area contributed by atoms with Crippen LogP contribution in [0.4, 0.5) is 5.95 Å². The number of piperidine rings is 1. The summed E-state index contributed by atoms with van der Waals surface area (Å²) in [5.41, 5.74) is 12.4. The maximum Gasteiger partial charge on any atom is 0.254 e. The minimum absolute atomic E-state index is 0.00105. The van der Waals surface area contributed by atoms with E-state index < -0.39 is 0 Å². The number of nitrogens with zero attached hydrogens (tertiary/aromatic N) is 7. The highest BCUT2D eigenvalue weighted by atomic mass is 16.5. The van der Waals surface area contributed by atoms with Crippen molar-refractivity contribution in [2.24, 2.45) is 17.6 Å². The van der Waals surface area contributed by atoms with Gasteiger partial charge in [0.1, 0.15) is 17.0 Å². The van der Waals surface area contributed by atoms with Crippen molar-refractivity contribution in [1.29, 1.82) is 0 Å². The molecule has 2 saturated carbocycles. The zero-order valence-electron chi connectivity index (χ0n) is 25.3. The fraction of sp³-hybridized carbons (Fsp3) is 0.424. The molecule has 2 aliphatic carbocycles. The number of rotatable bonds is 8. The van der Waals surface area contributed by atoms with Crippen LogP contribution in [-0.2, 0) is 6.54 Å². The molecule has 4 atom stereocenters. The first-order chi connectivity index (χ1) is 21.4. The standard InChI is InChI=1S/C33H37N9O2/c1-18(37-33-35-11-4-12-36-33)24-9-7-21-13-26(40(31(21)38-24)16-20-5-6-20)30-19(2)42-27(39-30)14-23(15-28(42)44-3)32(43)41-17-22-8-10-25(41)29(22)34/h4,7,9,11-15,18,20,22,25,29H,5-6,8,10,16-17,34H2,1-3H3,(H,35,36,37)/t18-,22?,25?,29-/m1/s1. The van der Waals surface area contributed by atoms with E-state index >= 15 is 0 Å². The lowest BCUT2D eigenvalue weighted by molar-refractivity contribution is 0.0700. The highest BCUT2D eigenvalue weighted by molar-refractivity contribution is 5.96. The summed E-state index contributed by atoms with van der Waals surface area (Å²) in [7, 11) is 1.64. The summed E-state index contributed by atoms with van der Waals surface area (Å²) < 4.78 is 10.2. The summed E-state index contributed by atoms with van der Waals surface area (Å²) in [5, 5.41) is 4.42. The first-order valence-electron chi connectivity index (χ1n) is 15.6. The van der Waals surface area contributed by atoms with Gasteiger partial charge in [0.2, 0.25) is 5.95 Å². The Hall–Kier alpha value is -4.51. The molecule has 1 aliphatic heterocycles. The van der Waals surface area contributed by atoms with Crippen molar-refractivity contribution >= 4 is 28.5 Å². The van der Waals surface area contributed by atoms with E-state index in [-0.39, 0.29) is 24.0 Å². The van der Waals surface area contributed by atoms with Crippen LogP contribution >= 0.6 is 0 Å². The molecule has 0 spiro atoms. The van der Waals surface area contributed by atoms with Gasteiger partial charge < -0.3 is 25.3 Å². The maximum atomic E-state index is 13.7. The molecular formula is C33H37N9O2. The molecule has 2 bridgehead atoms. The van der Waals surface area contributed by atoms with E-state index in [4.69, 9.17) is 20.4 Å². The van der Waals surface area contributed by atoms with Gasteiger partial charge in [-0.1, -0.05) is 0 Å². The summed E-state index contributed by atoms with van der Waals surface area (Å²) in [6, 6.07) is 12.0. The van der Waals surface area contributed by atoms with Crippen molar-refractivity contribution in [3.63, 3.8) is 0 Å². The third-order valence-electron chi connectivity index (χ3n) is 9.79. The first-order valence-corrected chi connectivity index (χ1v) is 15.6. The second-order valence-electron chi connectivity index (χ2n) is 12.6. The number of hydrogen-bond donors (Lipinski definition) is 2. The lowest BCUT2D eigenvalue weighted by Crippen LogP contribution is -2.41. The Labute approximate surface area is 255 Å². The third-order valence-corrected chi connectivity index (χ3v) is 9.79. The molecule has 1 saturated heterocycles. The number of aryl methyl sites for hydroxylation is 1. The summed E-state index contributed by atoms with van der Waals surface area (Å²) in [6.07, 6.45) is 7.95. The van der Waals surface area contributed by atoms with Crippen LogP contribution in [0.5, 0.6) is 5.88 Å². The average Bonchev–Trinajstić information content (AvgIpc) is 3.44. The number of imidazole rings is 1. The lowest BCUT2D eigenvalue weighted by atomic mass is 10.1. The zero-order chi connectivity index (χ0) is 30.1. The highest BCUT2D eigenvalue weighted by Gasteiger charge is 2.47. The van der Waals surface area contributed by atoms with Gasteiger partial charge in [-0.3, -0.25) is 9.20 Å². The Balaban J connectivity index is 1.19. The molecule has 5 aromatic rings. The number of aromatic nitrogens is 6. The number of fused-ring (bicyclic) bond motifs is 4. The molecule has 5 aromatic heterocycles. The van der Waals surface area contributed by atoms with Crippen molar-refractivity contribution in [2.45, 2.75) is 64.2 Å². The second-order valence-corrected chi connectivity index (χ2v) is 12.6. The van der Waals surface area contributed by atoms with Crippen LogP contribution in [0.2, 0.25) is 0 Å². The lowest BCUT2D eigenvalue weighted by Gasteiger charge is -2.27. The summed E-state index contributed by atoms with van der Waals surface area (Å²) in [6.45, 7) is 5.73. The van der Waals surface area contributed by atoms with Gasteiger partial charge in [0, 0.05) is 54.6 Å². The minimum atomic E-state index is -0.0768. The number of nitrogens with two attached hydrogens (primary N) is 1. The predicted octanol–water partition coefficient (Wildman–Crippen LogP) is 4.60. The summed E-state index contributed by atoms with van der Waals surface area (Å²) >= 11 is 0. The molecule has 44 heavy (non-hydrogen) atoms. The fourth-order valence-electron chi connectivity index (χ4n) is 7.20. The molecule has 3 aliphatic rings. The largest absolute Gasteiger partial charge is 0.482 e. The molecule has 1 amide bonds. The minimum Gasteiger partial charge on any atom is -0.482 e. The Morgan fingerprint density at radius 2 is 1.93 bits per heavy atom. The Bertz CT molecular complexity index is 1890. The molecule has 2 unspecified atom stereocenters. The maximum absolute atomic E-state index is 13.7. The highest BCUT2D eigenvalue weighted by Crippen LogP contribution is 2.39. The third kappa shape index (κ3) is 4.40. The van der Waals surface area contributed by atoms with Gasteiger partial charge in [-0.05, 0) is 81.7 Å². The number of amides is 1. The van der Waals surface area contributed by atoms with Gasteiger partial charge in [0.25, 0.3) is 5.91 Å². The van der Waals surface area contributed by atoms with Crippen molar-refractivity contribution in [1.82, 2.24) is 33.8 Å². The number of methoxy groups -OCH3 is 1. The van der Waals surface area contributed by atoms with E-state index in [2.05, 4.69) is 51.9 Å². The van der Waals surface area contributed by atoms with E-state index in [1.807, 2.05) is 21.4 Å².